The third kappa shape index (κ3) is 3.14. The third-order valence-electron chi connectivity index (χ3n) is 4.70. The molecule has 1 aliphatic carbocycles. The Morgan fingerprint density at radius 2 is 1.88 bits per heavy atom. The smallest absolute Gasteiger partial charge is 0.254 e. The summed E-state index contributed by atoms with van der Waals surface area (Å²) in [6, 6.07) is 8.50. The Balaban J connectivity index is 1.43. The van der Waals surface area contributed by atoms with Gasteiger partial charge in [0.25, 0.3) is 5.56 Å². The Morgan fingerprint density at radius 1 is 1.15 bits per heavy atom. The second-order valence-corrected chi connectivity index (χ2v) is 8.73. The minimum absolute atomic E-state index is 0.0705. The Morgan fingerprint density at radius 3 is 2.50 bits per heavy atom. The molecule has 6 nitrogen and oxygen atoms in total. The fraction of sp³-hybridized carbons (Fsp3) is 0.389. The van der Waals surface area contributed by atoms with E-state index in [1.54, 1.807) is 4.57 Å². The van der Waals surface area contributed by atoms with Crippen LogP contribution in [0.15, 0.2) is 46.1 Å². The van der Waals surface area contributed by atoms with Gasteiger partial charge in [-0.2, -0.15) is 4.31 Å². The minimum atomic E-state index is -3.73. The van der Waals surface area contributed by atoms with Crippen molar-refractivity contribution in [3.63, 3.8) is 0 Å². The highest BCUT2D eigenvalue weighted by Gasteiger charge is 2.38. The molecule has 0 amide bonds. The quantitative estimate of drug-likeness (QED) is 0.799. The summed E-state index contributed by atoms with van der Waals surface area (Å²) in [5.41, 5.74) is 0.754. The zero-order chi connectivity index (χ0) is 18.5. The number of nitrogens with zero attached hydrogens (tertiary/aromatic N) is 2. The highest BCUT2D eigenvalue weighted by Crippen LogP contribution is 2.35. The van der Waals surface area contributed by atoms with E-state index in [0.29, 0.717) is 11.8 Å². The second-order valence-electron chi connectivity index (χ2n) is 6.79. The van der Waals surface area contributed by atoms with Crippen LogP contribution in [-0.2, 0) is 10.0 Å². The van der Waals surface area contributed by atoms with Gasteiger partial charge in [0.1, 0.15) is 17.7 Å². The summed E-state index contributed by atoms with van der Waals surface area (Å²) in [6.07, 6.45) is 1.72. The maximum absolute atomic E-state index is 13.3. The van der Waals surface area contributed by atoms with Crippen LogP contribution in [0.2, 0.25) is 0 Å². The fourth-order valence-corrected chi connectivity index (χ4v) is 4.73. The van der Waals surface area contributed by atoms with Gasteiger partial charge in [0.2, 0.25) is 10.0 Å². The SMILES string of the molecule is Cc1cc(OC2CN(S(=O)(=O)c3cccc(F)c3)C2)cc(=O)n1C1CC1. The van der Waals surface area contributed by atoms with E-state index in [9.17, 15) is 17.6 Å². The van der Waals surface area contributed by atoms with Crippen molar-refractivity contribution in [3.05, 3.63) is 58.3 Å². The van der Waals surface area contributed by atoms with Crippen molar-refractivity contribution in [2.45, 2.75) is 36.8 Å². The van der Waals surface area contributed by atoms with E-state index < -0.39 is 15.8 Å². The minimum Gasteiger partial charge on any atom is -0.487 e. The molecule has 2 aliphatic rings. The predicted octanol–water partition coefficient (Wildman–Crippen LogP) is 2.08. The van der Waals surface area contributed by atoms with Gasteiger partial charge in [-0.05, 0) is 44.0 Å². The summed E-state index contributed by atoms with van der Waals surface area (Å²) in [7, 11) is -3.73. The largest absolute Gasteiger partial charge is 0.487 e. The van der Waals surface area contributed by atoms with Gasteiger partial charge >= 0.3 is 0 Å². The number of pyridine rings is 1. The summed E-state index contributed by atoms with van der Waals surface area (Å²) >= 11 is 0. The molecule has 0 atom stereocenters. The lowest BCUT2D eigenvalue weighted by molar-refractivity contribution is 0.0758. The molecule has 2 fully saturated rings. The maximum Gasteiger partial charge on any atom is 0.254 e. The van der Waals surface area contributed by atoms with E-state index in [0.717, 1.165) is 24.6 Å². The zero-order valence-electron chi connectivity index (χ0n) is 14.3. The fourth-order valence-electron chi connectivity index (χ4n) is 3.19. The molecule has 1 saturated heterocycles. The summed E-state index contributed by atoms with van der Waals surface area (Å²) in [6.45, 7) is 2.21. The van der Waals surface area contributed by atoms with Crippen molar-refractivity contribution in [2.75, 3.05) is 13.1 Å². The molecule has 0 unspecified atom stereocenters. The molecule has 1 aliphatic heterocycles. The van der Waals surface area contributed by atoms with Crippen LogP contribution in [0.1, 0.15) is 24.6 Å². The molecule has 26 heavy (non-hydrogen) atoms. The van der Waals surface area contributed by atoms with Crippen LogP contribution < -0.4 is 10.3 Å². The number of rotatable bonds is 5. The lowest BCUT2D eigenvalue weighted by Crippen LogP contribution is -2.56. The van der Waals surface area contributed by atoms with Crippen LogP contribution in [0.4, 0.5) is 4.39 Å². The van der Waals surface area contributed by atoms with E-state index in [1.807, 2.05) is 13.0 Å². The lowest BCUT2D eigenvalue weighted by atomic mass is 10.2. The Kier molecular flexibility index (Phi) is 4.11. The van der Waals surface area contributed by atoms with Gasteiger partial charge < -0.3 is 9.30 Å². The molecule has 2 heterocycles. The second kappa shape index (κ2) is 6.21. The van der Waals surface area contributed by atoms with Crippen LogP contribution in [0.25, 0.3) is 0 Å². The van der Waals surface area contributed by atoms with Crippen LogP contribution in [-0.4, -0.2) is 36.5 Å². The number of benzene rings is 1. The summed E-state index contributed by atoms with van der Waals surface area (Å²) in [5.74, 6) is -0.136. The van der Waals surface area contributed by atoms with Gasteiger partial charge in [0.15, 0.2) is 0 Å². The van der Waals surface area contributed by atoms with Crippen molar-refractivity contribution in [1.29, 1.82) is 0 Å². The molecule has 0 radical (unpaired) electrons. The number of hydrogen-bond acceptors (Lipinski definition) is 4. The van der Waals surface area contributed by atoms with Crippen LogP contribution in [0, 0.1) is 12.7 Å². The molecular weight excluding hydrogens is 359 g/mol. The zero-order valence-corrected chi connectivity index (χ0v) is 15.1. The van der Waals surface area contributed by atoms with E-state index in [2.05, 4.69) is 0 Å². The summed E-state index contributed by atoms with van der Waals surface area (Å²) < 4.78 is 46.9. The first-order valence-corrected chi connectivity index (χ1v) is 9.94. The predicted molar refractivity (Wildman–Crippen MR) is 93.3 cm³/mol. The van der Waals surface area contributed by atoms with Crippen molar-refractivity contribution in [3.8, 4) is 5.75 Å². The summed E-state index contributed by atoms with van der Waals surface area (Å²) in [4.78, 5) is 12.1. The normalized spacial score (nSPS) is 18.5. The molecule has 8 heteroatoms. The molecule has 0 bridgehead atoms. The van der Waals surface area contributed by atoms with Gasteiger partial charge in [0.05, 0.1) is 18.0 Å². The number of aromatic nitrogens is 1. The van der Waals surface area contributed by atoms with Gasteiger partial charge in [-0.25, -0.2) is 12.8 Å². The molecule has 1 aromatic carbocycles. The lowest BCUT2D eigenvalue weighted by Gasteiger charge is -2.37. The number of halogens is 1. The van der Waals surface area contributed by atoms with Crippen molar-refractivity contribution in [2.24, 2.45) is 0 Å². The molecule has 1 aromatic heterocycles. The van der Waals surface area contributed by atoms with Gasteiger partial charge in [0, 0.05) is 17.8 Å². The molecule has 4 rings (SSSR count). The topological polar surface area (TPSA) is 68.6 Å². The Labute approximate surface area is 150 Å². The molecular formula is C18H19FN2O4S. The van der Waals surface area contributed by atoms with Gasteiger partial charge in [-0.3, -0.25) is 4.79 Å². The monoisotopic (exact) mass is 378 g/mol. The van der Waals surface area contributed by atoms with Crippen molar-refractivity contribution in [1.82, 2.24) is 8.87 Å². The first-order valence-electron chi connectivity index (χ1n) is 8.50. The van der Waals surface area contributed by atoms with Crippen LogP contribution in [0.5, 0.6) is 5.75 Å². The number of hydrogen-bond donors (Lipinski definition) is 0. The number of ether oxygens (including phenoxy) is 1. The van der Waals surface area contributed by atoms with E-state index in [1.165, 1.54) is 28.6 Å². The summed E-state index contributed by atoms with van der Waals surface area (Å²) in [5, 5.41) is 0. The van der Waals surface area contributed by atoms with Crippen LogP contribution >= 0.6 is 0 Å². The van der Waals surface area contributed by atoms with Crippen molar-refractivity contribution >= 4 is 10.0 Å². The van der Waals surface area contributed by atoms with Gasteiger partial charge in [-0.15, -0.1) is 0 Å². The van der Waals surface area contributed by atoms with Gasteiger partial charge in [-0.1, -0.05) is 6.07 Å². The van der Waals surface area contributed by atoms with E-state index >= 15 is 0 Å². The first kappa shape index (κ1) is 17.2. The van der Waals surface area contributed by atoms with Crippen molar-refractivity contribution < 1.29 is 17.5 Å². The molecule has 138 valence electrons. The average Bonchev–Trinajstić information content (AvgIpc) is 3.34. The third-order valence-corrected chi connectivity index (χ3v) is 6.53. The Hall–Kier alpha value is -2.19. The molecule has 0 N–H and O–H groups in total. The van der Waals surface area contributed by atoms with E-state index in [4.69, 9.17) is 4.74 Å². The average molecular weight is 378 g/mol. The number of sulfonamides is 1. The highest BCUT2D eigenvalue weighted by molar-refractivity contribution is 7.89. The maximum atomic E-state index is 13.3. The molecule has 2 aromatic rings. The standard InChI is InChI=1S/C18H19FN2O4S/c1-12-7-15(9-18(22)21(12)14-5-6-14)25-16-10-20(11-16)26(23,24)17-4-2-3-13(19)8-17/h2-4,7-9,14,16H,5-6,10-11H2,1H3. The number of aryl methyl sites for hydroxylation is 1. The molecule has 0 spiro atoms. The highest BCUT2D eigenvalue weighted by atomic mass is 32.2. The molecule has 1 saturated carbocycles. The Bertz CT molecular complexity index is 1010. The van der Waals surface area contributed by atoms with E-state index in [-0.39, 0.29) is 29.6 Å². The first-order chi connectivity index (χ1) is 12.3. The van der Waals surface area contributed by atoms with Crippen LogP contribution in [0.3, 0.4) is 0 Å².